The zero-order valence-electron chi connectivity index (χ0n) is 30.6. The zero-order valence-corrected chi connectivity index (χ0v) is 30.6. The molecule has 1 radical (unpaired) electrons. The number of aliphatic hydroxyl groups excluding tert-OH is 1. The summed E-state index contributed by atoms with van der Waals surface area (Å²) in [5.74, 6) is -0.0887. The van der Waals surface area contributed by atoms with E-state index in [1.165, 1.54) is 11.3 Å². The Morgan fingerprint density at radius 1 is 0.980 bits per heavy atom. The summed E-state index contributed by atoms with van der Waals surface area (Å²) in [7, 11) is 1.68. The molecule has 0 bridgehead atoms. The molecule has 5 N–H and O–H groups in total. The van der Waals surface area contributed by atoms with Gasteiger partial charge in [-0.05, 0) is 57.1 Å². The van der Waals surface area contributed by atoms with E-state index < -0.39 is 29.9 Å². The molecule has 0 spiro atoms. The highest BCUT2D eigenvalue weighted by Gasteiger charge is 2.31. The number of benzene rings is 2. The molecule has 4 rings (SSSR count). The first-order chi connectivity index (χ1) is 24.4. The van der Waals surface area contributed by atoms with E-state index in [4.69, 9.17) is 4.74 Å². The van der Waals surface area contributed by atoms with Gasteiger partial charge in [-0.3, -0.25) is 9.59 Å². The number of hydrogen-bond acceptors (Lipinski definition) is 7. The van der Waals surface area contributed by atoms with E-state index in [0.29, 0.717) is 37.3 Å². The number of alkyl carbamates (subject to hydrolysis) is 1. The molecule has 277 valence electrons. The highest BCUT2D eigenvalue weighted by molar-refractivity contribution is 5.85. The molecule has 3 aromatic rings. The number of carbonyl (C=O) groups excluding carboxylic acids is 3. The lowest BCUT2D eigenvalue weighted by atomic mass is 9.83. The maximum Gasteiger partial charge on any atom is 0.407 e. The van der Waals surface area contributed by atoms with Gasteiger partial charge < -0.3 is 35.7 Å². The largest absolute Gasteiger partial charge is 0.444 e. The molecule has 3 amide bonds. The van der Waals surface area contributed by atoms with Crippen molar-refractivity contribution >= 4 is 17.9 Å². The van der Waals surface area contributed by atoms with Crippen LogP contribution < -0.4 is 16.0 Å². The molecule has 1 fully saturated rings. The molecule has 51 heavy (non-hydrogen) atoms. The Labute approximate surface area is 303 Å². The van der Waals surface area contributed by atoms with Gasteiger partial charge in [0, 0.05) is 38.8 Å². The van der Waals surface area contributed by atoms with E-state index in [1.54, 1.807) is 26.0 Å². The quantitative estimate of drug-likeness (QED) is 0.128. The van der Waals surface area contributed by atoms with Crippen LogP contribution in [0, 0.1) is 12.3 Å². The number of aromatic nitrogens is 2. The molecule has 1 aliphatic rings. The summed E-state index contributed by atoms with van der Waals surface area (Å²) in [4.78, 5) is 48.9. The van der Waals surface area contributed by atoms with Gasteiger partial charge in [-0.1, -0.05) is 92.8 Å². The predicted molar refractivity (Wildman–Crippen MR) is 199 cm³/mol. The molecule has 1 aromatic heterocycles. The van der Waals surface area contributed by atoms with Crippen molar-refractivity contribution in [2.24, 2.45) is 5.92 Å². The van der Waals surface area contributed by atoms with Crippen molar-refractivity contribution in [1.29, 1.82) is 0 Å². The van der Waals surface area contributed by atoms with Crippen molar-refractivity contribution in [2.75, 3.05) is 20.1 Å². The number of rotatable bonds is 18. The number of aromatic amines is 1. The van der Waals surface area contributed by atoms with Gasteiger partial charge in [-0.25, -0.2) is 9.78 Å². The summed E-state index contributed by atoms with van der Waals surface area (Å²) < 4.78 is 5.55. The Bertz CT molecular complexity index is 1460. The molecule has 2 aromatic carbocycles. The predicted octanol–water partition coefficient (Wildman–Crippen LogP) is 4.77. The van der Waals surface area contributed by atoms with E-state index in [-0.39, 0.29) is 30.9 Å². The van der Waals surface area contributed by atoms with Crippen molar-refractivity contribution < 1.29 is 24.2 Å². The highest BCUT2D eigenvalue weighted by Crippen LogP contribution is 2.28. The number of nitrogens with zero attached hydrogens (tertiary/aromatic N) is 2. The molecule has 0 unspecified atom stereocenters. The molecule has 4 atom stereocenters. The summed E-state index contributed by atoms with van der Waals surface area (Å²) >= 11 is 0. The minimum atomic E-state index is -0.972. The number of carbonyl (C=O) groups is 3. The number of aliphatic hydroxyl groups is 1. The van der Waals surface area contributed by atoms with Crippen molar-refractivity contribution in [2.45, 2.75) is 108 Å². The van der Waals surface area contributed by atoms with Crippen molar-refractivity contribution in [3.05, 3.63) is 96.4 Å². The molecular weight excluding hydrogens is 644 g/mol. The van der Waals surface area contributed by atoms with Gasteiger partial charge >= 0.3 is 6.09 Å². The van der Waals surface area contributed by atoms with E-state index in [0.717, 1.165) is 36.8 Å². The van der Waals surface area contributed by atoms with Gasteiger partial charge in [0.1, 0.15) is 5.60 Å². The third kappa shape index (κ3) is 14.5. The van der Waals surface area contributed by atoms with E-state index >= 15 is 0 Å². The van der Waals surface area contributed by atoms with E-state index in [2.05, 4.69) is 25.9 Å². The van der Waals surface area contributed by atoms with Crippen LogP contribution >= 0.6 is 0 Å². The van der Waals surface area contributed by atoms with Crippen LogP contribution in [-0.2, 0) is 33.6 Å². The second kappa shape index (κ2) is 20.0. The van der Waals surface area contributed by atoms with Crippen LogP contribution in [0.4, 0.5) is 4.79 Å². The fourth-order valence-corrected chi connectivity index (χ4v) is 6.55. The number of hydrogen-bond donors (Lipinski definition) is 5. The monoisotopic (exact) mass is 701 g/mol. The number of imidazole rings is 1. The number of ether oxygens (including phenoxy) is 1. The normalized spacial score (nSPS) is 16.0. The number of likely N-dealkylation sites (N-methyl/N-ethyl adjacent to an activating group) is 1. The molecule has 1 aliphatic carbocycles. The summed E-state index contributed by atoms with van der Waals surface area (Å²) in [6.07, 6.45) is 10.9. The van der Waals surface area contributed by atoms with E-state index in [1.807, 2.05) is 81.4 Å². The van der Waals surface area contributed by atoms with Crippen molar-refractivity contribution in [3.63, 3.8) is 0 Å². The van der Waals surface area contributed by atoms with Crippen molar-refractivity contribution in [3.8, 4) is 0 Å². The van der Waals surface area contributed by atoms with Gasteiger partial charge in [-0.15, -0.1) is 0 Å². The molecule has 0 saturated heterocycles. The van der Waals surface area contributed by atoms with Gasteiger partial charge in [-0.2, -0.15) is 0 Å². The number of H-pyrrole nitrogens is 1. The lowest BCUT2D eigenvalue weighted by Crippen LogP contribution is -2.56. The molecule has 1 heterocycles. The summed E-state index contributed by atoms with van der Waals surface area (Å²) in [5, 5.41) is 21.1. The fourth-order valence-electron chi connectivity index (χ4n) is 6.55. The maximum atomic E-state index is 14.2. The minimum absolute atomic E-state index is 0.0816. The SMILES string of the molecule is CN(C[C@H](O)[C@H](CC1CCCCC1)NC(=O)[C@H](Cc1c[nH]cn1)NC[C@H](Cc1ccccc1)NC(=O)OC(C)(C)C)C(=O)[CH]Cc1ccccc1. The molecule has 1 saturated carbocycles. The van der Waals surface area contributed by atoms with Crippen molar-refractivity contribution in [1.82, 2.24) is 30.8 Å². The molecule has 11 heteroatoms. The Balaban J connectivity index is 1.46. The molecule has 11 nitrogen and oxygen atoms in total. The lowest BCUT2D eigenvalue weighted by Gasteiger charge is -2.33. The smallest absolute Gasteiger partial charge is 0.407 e. The van der Waals surface area contributed by atoms with Gasteiger partial charge in [0.15, 0.2) is 0 Å². The Morgan fingerprint density at radius 2 is 1.65 bits per heavy atom. The first kappa shape index (κ1) is 39.6. The Kier molecular flexibility index (Phi) is 15.5. The fraction of sp³-hybridized carbons (Fsp3) is 0.525. The van der Waals surface area contributed by atoms with Gasteiger partial charge in [0.05, 0.1) is 36.6 Å². The molecule has 0 aliphatic heterocycles. The van der Waals surface area contributed by atoms with Crippen LogP contribution in [-0.4, -0.2) is 87.8 Å². The first-order valence-electron chi connectivity index (χ1n) is 18.3. The van der Waals surface area contributed by atoms with Crippen LogP contribution in [0.25, 0.3) is 0 Å². The first-order valence-corrected chi connectivity index (χ1v) is 18.3. The van der Waals surface area contributed by atoms with Crippen LogP contribution in [0.2, 0.25) is 0 Å². The Morgan fingerprint density at radius 3 is 2.27 bits per heavy atom. The second-order valence-electron chi connectivity index (χ2n) is 14.8. The number of nitrogens with one attached hydrogen (secondary N) is 4. The third-order valence-corrected chi connectivity index (χ3v) is 9.24. The third-order valence-electron chi connectivity index (χ3n) is 9.24. The average molecular weight is 702 g/mol. The standard InChI is InChI=1S/C40H57N6O5/c1-40(2,3)51-39(50)44-33(22-30-16-10-6-11-17-30)26-42-35(24-32-25-41-28-43-32)38(49)45-34(23-31-18-12-7-13-19-31)36(47)27-46(4)37(48)21-20-29-14-8-5-9-15-29/h5-6,8-11,14-17,21,25,28,31,33-36,42,47H,7,12-13,18-20,22-24,26-27H2,1-4H3,(H,41,43)(H,44,50)(H,45,49)/t33-,34-,35-,36-/m0/s1. The van der Waals surface area contributed by atoms with Crippen LogP contribution in [0.5, 0.6) is 0 Å². The topological polar surface area (TPSA) is 149 Å². The van der Waals surface area contributed by atoms with Crippen LogP contribution in [0.3, 0.4) is 0 Å². The summed E-state index contributed by atoms with van der Waals surface area (Å²) in [5.41, 5.74) is 2.10. The van der Waals surface area contributed by atoms with Gasteiger partial charge in [0.25, 0.3) is 0 Å². The average Bonchev–Trinajstić information content (AvgIpc) is 3.62. The maximum absolute atomic E-state index is 14.2. The minimum Gasteiger partial charge on any atom is -0.444 e. The lowest BCUT2D eigenvalue weighted by molar-refractivity contribution is -0.128. The molecular formula is C40H57N6O5. The number of amides is 3. The van der Waals surface area contributed by atoms with Crippen LogP contribution in [0.1, 0.15) is 76.1 Å². The summed E-state index contributed by atoms with van der Waals surface area (Å²) in [6, 6.07) is 17.9. The highest BCUT2D eigenvalue weighted by atomic mass is 16.6. The van der Waals surface area contributed by atoms with Gasteiger partial charge in [0.2, 0.25) is 11.8 Å². The zero-order chi connectivity index (χ0) is 36.6. The van der Waals surface area contributed by atoms with Crippen LogP contribution in [0.15, 0.2) is 73.2 Å². The van der Waals surface area contributed by atoms with E-state index in [9.17, 15) is 19.5 Å². The summed E-state index contributed by atoms with van der Waals surface area (Å²) in [6.45, 7) is 5.81. The second-order valence-corrected chi connectivity index (χ2v) is 14.8. The Hall–Kier alpha value is -4.22.